The Morgan fingerprint density at radius 1 is 1.14 bits per heavy atom. The molecule has 0 aliphatic carbocycles. The summed E-state index contributed by atoms with van der Waals surface area (Å²) in [6.45, 7) is 5.02. The van der Waals surface area contributed by atoms with Crippen LogP contribution in [-0.2, 0) is 4.79 Å². The van der Waals surface area contributed by atoms with E-state index in [2.05, 4.69) is 41.4 Å². The smallest absolute Gasteiger partial charge is 0.223 e. The predicted octanol–water partition coefficient (Wildman–Crippen LogP) is 3.60. The maximum Gasteiger partial charge on any atom is 0.223 e. The van der Waals surface area contributed by atoms with Gasteiger partial charge in [0.2, 0.25) is 5.91 Å². The number of carbonyl (C=O) groups is 1. The van der Waals surface area contributed by atoms with Crippen molar-refractivity contribution in [3.63, 3.8) is 0 Å². The number of hydrogen-bond acceptors (Lipinski definition) is 2. The van der Waals surface area contributed by atoms with Crippen molar-refractivity contribution in [2.75, 3.05) is 24.5 Å². The van der Waals surface area contributed by atoms with Gasteiger partial charge in [0.15, 0.2) is 0 Å². The lowest BCUT2D eigenvalue weighted by Crippen LogP contribution is -2.40. The van der Waals surface area contributed by atoms with Crippen LogP contribution in [0.4, 0.5) is 5.69 Å². The maximum atomic E-state index is 12.1. The molecule has 1 N–H and O–H groups in total. The van der Waals surface area contributed by atoms with E-state index in [1.54, 1.807) is 0 Å². The number of nitrogens with one attached hydrogen (secondary N) is 1. The topological polar surface area (TPSA) is 32.3 Å². The molecule has 1 aliphatic heterocycles. The molecule has 1 aromatic rings. The average molecular weight is 288 g/mol. The highest BCUT2D eigenvalue weighted by atomic mass is 16.1. The monoisotopic (exact) mass is 288 g/mol. The second kappa shape index (κ2) is 8.71. The van der Waals surface area contributed by atoms with Crippen LogP contribution in [0, 0.1) is 5.92 Å². The lowest BCUT2D eigenvalue weighted by Gasteiger charge is -2.33. The summed E-state index contributed by atoms with van der Waals surface area (Å²) in [5.41, 5.74) is 1.27. The van der Waals surface area contributed by atoms with Crippen LogP contribution in [0.3, 0.4) is 0 Å². The molecule has 3 nitrogen and oxygen atoms in total. The van der Waals surface area contributed by atoms with E-state index in [1.807, 2.05) is 6.07 Å². The molecule has 1 aromatic carbocycles. The zero-order chi connectivity index (χ0) is 14.9. The SMILES string of the molecule is CCCCCCNC(=O)C1CCN(c2ccccc2)CC1. The zero-order valence-electron chi connectivity index (χ0n) is 13.2. The van der Waals surface area contributed by atoms with Crippen molar-refractivity contribution < 1.29 is 4.79 Å². The van der Waals surface area contributed by atoms with E-state index in [4.69, 9.17) is 0 Å². The lowest BCUT2D eigenvalue weighted by molar-refractivity contribution is -0.125. The van der Waals surface area contributed by atoms with Crippen LogP contribution in [0.5, 0.6) is 0 Å². The first-order valence-electron chi connectivity index (χ1n) is 8.39. The van der Waals surface area contributed by atoms with Gasteiger partial charge < -0.3 is 10.2 Å². The molecule has 1 heterocycles. The molecule has 1 fully saturated rings. The number of unbranched alkanes of at least 4 members (excludes halogenated alkanes) is 3. The Morgan fingerprint density at radius 3 is 2.52 bits per heavy atom. The number of para-hydroxylation sites is 1. The summed E-state index contributed by atoms with van der Waals surface area (Å²) in [6, 6.07) is 10.5. The van der Waals surface area contributed by atoms with Crippen molar-refractivity contribution in [2.45, 2.75) is 45.4 Å². The van der Waals surface area contributed by atoms with E-state index in [9.17, 15) is 4.79 Å². The fraction of sp³-hybridized carbons (Fsp3) is 0.611. The van der Waals surface area contributed by atoms with Gasteiger partial charge in [-0.1, -0.05) is 44.4 Å². The Bertz CT molecular complexity index is 410. The van der Waals surface area contributed by atoms with Crippen LogP contribution in [-0.4, -0.2) is 25.5 Å². The van der Waals surface area contributed by atoms with Gasteiger partial charge >= 0.3 is 0 Å². The van der Waals surface area contributed by atoms with Crippen molar-refractivity contribution in [1.82, 2.24) is 5.32 Å². The Hall–Kier alpha value is -1.51. The third-order valence-electron chi connectivity index (χ3n) is 4.32. The van der Waals surface area contributed by atoms with Gasteiger partial charge in [0.25, 0.3) is 0 Å². The molecule has 0 spiro atoms. The minimum atomic E-state index is 0.205. The maximum absolute atomic E-state index is 12.1. The van der Waals surface area contributed by atoms with Crippen molar-refractivity contribution >= 4 is 11.6 Å². The number of benzene rings is 1. The molecule has 21 heavy (non-hydrogen) atoms. The first-order valence-corrected chi connectivity index (χ1v) is 8.39. The quantitative estimate of drug-likeness (QED) is 0.778. The number of anilines is 1. The van der Waals surface area contributed by atoms with Crippen molar-refractivity contribution in [3.05, 3.63) is 30.3 Å². The van der Waals surface area contributed by atoms with E-state index < -0.39 is 0 Å². The normalized spacial score (nSPS) is 16.0. The third kappa shape index (κ3) is 5.07. The Morgan fingerprint density at radius 2 is 1.86 bits per heavy atom. The number of piperidine rings is 1. The molecular weight excluding hydrogens is 260 g/mol. The fourth-order valence-corrected chi connectivity index (χ4v) is 2.95. The summed E-state index contributed by atoms with van der Waals surface area (Å²) in [7, 11) is 0. The summed E-state index contributed by atoms with van der Waals surface area (Å²) in [4.78, 5) is 14.5. The fourth-order valence-electron chi connectivity index (χ4n) is 2.95. The van der Waals surface area contributed by atoms with Crippen LogP contribution >= 0.6 is 0 Å². The summed E-state index contributed by atoms with van der Waals surface area (Å²) >= 11 is 0. The van der Waals surface area contributed by atoms with Crippen LogP contribution < -0.4 is 10.2 Å². The molecular formula is C18H28N2O. The van der Waals surface area contributed by atoms with E-state index in [0.29, 0.717) is 0 Å². The van der Waals surface area contributed by atoms with Gasteiger partial charge in [-0.25, -0.2) is 0 Å². The highest BCUT2D eigenvalue weighted by molar-refractivity contribution is 5.78. The predicted molar refractivity (Wildman–Crippen MR) is 88.5 cm³/mol. The highest BCUT2D eigenvalue weighted by Gasteiger charge is 2.24. The summed E-state index contributed by atoms with van der Waals surface area (Å²) in [5, 5.41) is 3.11. The lowest BCUT2D eigenvalue weighted by atomic mass is 9.95. The van der Waals surface area contributed by atoms with Crippen LogP contribution in [0.1, 0.15) is 45.4 Å². The van der Waals surface area contributed by atoms with Crippen molar-refractivity contribution in [2.24, 2.45) is 5.92 Å². The molecule has 0 unspecified atom stereocenters. The second-order valence-electron chi connectivity index (χ2n) is 5.95. The summed E-state index contributed by atoms with van der Waals surface area (Å²) < 4.78 is 0. The summed E-state index contributed by atoms with van der Waals surface area (Å²) in [5.74, 6) is 0.468. The van der Waals surface area contributed by atoms with Crippen LogP contribution in [0.15, 0.2) is 30.3 Å². The molecule has 1 saturated heterocycles. The second-order valence-corrected chi connectivity index (χ2v) is 5.95. The Balaban J connectivity index is 1.67. The molecule has 1 amide bonds. The highest BCUT2D eigenvalue weighted by Crippen LogP contribution is 2.23. The van der Waals surface area contributed by atoms with Gasteiger partial charge in [-0.3, -0.25) is 4.79 Å². The van der Waals surface area contributed by atoms with E-state index in [0.717, 1.165) is 38.9 Å². The zero-order valence-corrected chi connectivity index (χ0v) is 13.2. The number of rotatable bonds is 7. The van der Waals surface area contributed by atoms with E-state index in [1.165, 1.54) is 24.9 Å². The standard InChI is InChI=1S/C18H28N2O/c1-2-3-4-8-13-19-18(21)16-11-14-20(15-12-16)17-9-6-5-7-10-17/h5-7,9-10,16H,2-4,8,11-15H2,1H3,(H,19,21). The van der Waals surface area contributed by atoms with Gasteiger partial charge in [-0.05, 0) is 31.4 Å². The van der Waals surface area contributed by atoms with Crippen molar-refractivity contribution in [1.29, 1.82) is 0 Å². The summed E-state index contributed by atoms with van der Waals surface area (Å²) in [6.07, 6.45) is 6.79. The average Bonchev–Trinajstić information content (AvgIpc) is 2.55. The first-order chi connectivity index (χ1) is 10.3. The molecule has 0 saturated carbocycles. The van der Waals surface area contributed by atoms with E-state index in [-0.39, 0.29) is 11.8 Å². The van der Waals surface area contributed by atoms with Crippen LogP contribution in [0.25, 0.3) is 0 Å². The number of carbonyl (C=O) groups excluding carboxylic acids is 1. The Kier molecular flexibility index (Phi) is 6.58. The molecule has 0 atom stereocenters. The molecule has 0 radical (unpaired) electrons. The molecule has 3 heteroatoms. The van der Waals surface area contributed by atoms with Gasteiger partial charge in [0.1, 0.15) is 0 Å². The van der Waals surface area contributed by atoms with Gasteiger partial charge in [0.05, 0.1) is 0 Å². The molecule has 0 aromatic heterocycles. The molecule has 1 aliphatic rings. The van der Waals surface area contributed by atoms with E-state index >= 15 is 0 Å². The minimum Gasteiger partial charge on any atom is -0.371 e. The number of hydrogen-bond donors (Lipinski definition) is 1. The van der Waals surface area contributed by atoms with Gasteiger partial charge in [-0.15, -0.1) is 0 Å². The third-order valence-corrected chi connectivity index (χ3v) is 4.32. The number of amides is 1. The van der Waals surface area contributed by atoms with Crippen LogP contribution in [0.2, 0.25) is 0 Å². The molecule has 116 valence electrons. The van der Waals surface area contributed by atoms with Gasteiger partial charge in [0, 0.05) is 31.2 Å². The molecule has 2 rings (SSSR count). The minimum absolute atomic E-state index is 0.205. The Labute approximate surface area is 128 Å². The van der Waals surface area contributed by atoms with Crippen molar-refractivity contribution in [3.8, 4) is 0 Å². The number of nitrogens with zero attached hydrogens (tertiary/aromatic N) is 1. The molecule has 0 bridgehead atoms. The van der Waals surface area contributed by atoms with Gasteiger partial charge in [-0.2, -0.15) is 0 Å². The largest absolute Gasteiger partial charge is 0.371 e. The first kappa shape index (κ1) is 15.9.